The van der Waals surface area contributed by atoms with E-state index < -0.39 is 45.1 Å². The predicted molar refractivity (Wildman–Crippen MR) is 152 cm³/mol. The van der Waals surface area contributed by atoms with Gasteiger partial charge in [0.15, 0.2) is 14.6 Å². The highest BCUT2D eigenvalue weighted by Crippen LogP contribution is 2.39. The Bertz CT molecular complexity index is 1700. The number of amides is 2. The molecule has 212 valence electrons. The van der Waals surface area contributed by atoms with Crippen LogP contribution in [-0.4, -0.2) is 62.0 Å². The van der Waals surface area contributed by atoms with Crippen molar-refractivity contribution in [3.05, 3.63) is 57.2 Å². The van der Waals surface area contributed by atoms with Gasteiger partial charge < -0.3 is 19.4 Å². The summed E-state index contributed by atoms with van der Waals surface area (Å²) >= 11 is 2.33. The van der Waals surface area contributed by atoms with Crippen LogP contribution in [0.15, 0.2) is 35.8 Å². The van der Waals surface area contributed by atoms with E-state index in [0.29, 0.717) is 22.2 Å². The molecule has 40 heavy (non-hydrogen) atoms. The van der Waals surface area contributed by atoms with Crippen molar-refractivity contribution in [1.82, 2.24) is 4.57 Å². The molecular formula is C26H27N3O8S3. The third-order valence-electron chi connectivity index (χ3n) is 5.98. The lowest BCUT2D eigenvalue weighted by atomic mass is 10.1. The lowest BCUT2D eigenvalue weighted by molar-refractivity contribution is -0.115. The fourth-order valence-electron chi connectivity index (χ4n) is 4.36. The molecule has 1 aliphatic rings. The third kappa shape index (κ3) is 6.40. The number of ether oxygens (including phenoxy) is 2. The lowest BCUT2D eigenvalue weighted by Crippen LogP contribution is -2.28. The molecule has 0 saturated carbocycles. The SMILES string of the molecule is C=CCn1c(=NC(=O)CS(=O)(=O)CC(=O)Nc2sc3c(c2C(=O)OC)CCC3)sc2cc(C(=O)OCC)ccc21. The summed E-state index contributed by atoms with van der Waals surface area (Å²) in [5.41, 5.74) is 2.07. The molecule has 4 rings (SSSR count). The Morgan fingerprint density at radius 2 is 1.93 bits per heavy atom. The maximum atomic E-state index is 12.7. The van der Waals surface area contributed by atoms with Gasteiger partial charge in [0.2, 0.25) is 5.91 Å². The number of nitrogens with zero attached hydrogens (tertiary/aromatic N) is 2. The van der Waals surface area contributed by atoms with Crippen molar-refractivity contribution < 1.29 is 37.1 Å². The quantitative estimate of drug-likeness (QED) is 0.274. The molecule has 3 aromatic rings. The summed E-state index contributed by atoms with van der Waals surface area (Å²) in [6, 6.07) is 4.90. The first kappa shape index (κ1) is 29.4. The van der Waals surface area contributed by atoms with Crippen LogP contribution in [0.1, 0.15) is 44.5 Å². The smallest absolute Gasteiger partial charge is 0.341 e. The van der Waals surface area contributed by atoms with Crippen molar-refractivity contribution in [2.75, 3.05) is 30.5 Å². The van der Waals surface area contributed by atoms with Gasteiger partial charge in [0, 0.05) is 11.4 Å². The van der Waals surface area contributed by atoms with E-state index in [2.05, 4.69) is 16.9 Å². The summed E-state index contributed by atoms with van der Waals surface area (Å²) in [5, 5.41) is 2.75. The largest absolute Gasteiger partial charge is 0.465 e. The molecule has 0 fully saturated rings. The van der Waals surface area contributed by atoms with E-state index in [1.807, 2.05) is 0 Å². The molecule has 0 bridgehead atoms. The van der Waals surface area contributed by atoms with Crippen molar-refractivity contribution in [3.8, 4) is 0 Å². The maximum Gasteiger partial charge on any atom is 0.341 e. The lowest BCUT2D eigenvalue weighted by Gasteiger charge is -2.07. The molecule has 2 aromatic heterocycles. The molecule has 0 unspecified atom stereocenters. The average molecular weight is 606 g/mol. The fraction of sp³-hybridized carbons (Fsp3) is 0.346. The Labute approximate surface area is 238 Å². The van der Waals surface area contributed by atoms with Crippen molar-refractivity contribution >= 4 is 71.5 Å². The number of rotatable bonds is 10. The first-order valence-corrected chi connectivity index (χ1v) is 15.7. The van der Waals surface area contributed by atoms with E-state index in [1.54, 1.807) is 35.8 Å². The molecular weight excluding hydrogens is 579 g/mol. The normalized spacial score (nSPS) is 13.2. The zero-order chi connectivity index (χ0) is 29.0. The van der Waals surface area contributed by atoms with Gasteiger partial charge in [-0.1, -0.05) is 17.4 Å². The monoisotopic (exact) mass is 605 g/mol. The summed E-state index contributed by atoms with van der Waals surface area (Å²) < 4.78 is 37.6. The van der Waals surface area contributed by atoms with Gasteiger partial charge in [-0.05, 0) is 49.9 Å². The zero-order valence-corrected chi connectivity index (χ0v) is 24.3. The molecule has 14 heteroatoms. The number of thiophene rings is 1. The number of carbonyl (C=O) groups is 4. The minimum atomic E-state index is -4.19. The number of methoxy groups -OCH3 is 1. The number of esters is 2. The topological polar surface area (TPSA) is 150 Å². The van der Waals surface area contributed by atoms with Gasteiger partial charge in [-0.2, -0.15) is 4.99 Å². The van der Waals surface area contributed by atoms with E-state index in [9.17, 15) is 27.6 Å². The van der Waals surface area contributed by atoms with Gasteiger partial charge in [0.25, 0.3) is 5.91 Å². The van der Waals surface area contributed by atoms with Crippen molar-refractivity contribution in [1.29, 1.82) is 0 Å². The minimum Gasteiger partial charge on any atom is -0.465 e. The van der Waals surface area contributed by atoms with Crippen LogP contribution in [0.25, 0.3) is 10.2 Å². The second-order valence-electron chi connectivity index (χ2n) is 8.83. The van der Waals surface area contributed by atoms with Crippen LogP contribution in [0, 0.1) is 0 Å². The molecule has 0 radical (unpaired) electrons. The Morgan fingerprint density at radius 3 is 2.62 bits per heavy atom. The Morgan fingerprint density at radius 1 is 1.15 bits per heavy atom. The molecule has 0 atom stereocenters. The van der Waals surface area contributed by atoms with E-state index in [4.69, 9.17) is 9.47 Å². The highest BCUT2D eigenvalue weighted by atomic mass is 32.2. The summed E-state index contributed by atoms with van der Waals surface area (Å²) in [7, 11) is -2.95. The predicted octanol–water partition coefficient (Wildman–Crippen LogP) is 2.88. The molecule has 2 heterocycles. The summed E-state index contributed by atoms with van der Waals surface area (Å²) in [4.78, 5) is 54.9. The number of aromatic nitrogens is 1. The van der Waals surface area contributed by atoms with Crippen molar-refractivity contribution in [2.45, 2.75) is 32.7 Å². The second-order valence-corrected chi connectivity index (χ2v) is 13.0. The highest BCUT2D eigenvalue weighted by Gasteiger charge is 2.29. The molecule has 1 aliphatic carbocycles. The van der Waals surface area contributed by atoms with Gasteiger partial charge in [-0.15, -0.1) is 17.9 Å². The van der Waals surface area contributed by atoms with Gasteiger partial charge in [0.05, 0.1) is 35.1 Å². The number of nitrogens with one attached hydrogen (secondary N) is 1. The number of anilines is 1. The van der Waals surface area contributed by atoms with Gasteiger partial charge in [-0.3, -0.25) is 9.59 Å². The first-order chi connectivity index (χ1) is 19.1. The number of aryl methyl sites for hydroxylation is 1. The summed E-state index contributed by atoms with van der Waals surface area (Å²) in [5.74, 6) is -4.85. The number of hydrogen-bond donors (Lipinski definition) is 1. The number of benzene rings is 1. The number of sulfone groups is 1. The Hall–Kier alpha value is -3.62. The molecule has 0 spiro atoms. The van der Waals surface area contributed by atoms with Crippen LogP contribution in [0.2, 0.25) is 0 Å². The van der Waals surface area contributed by atoms with Crippen LogP contribution in [0.3, 0.4) is 0 Å². The maximum absolute atomic E-state index is 12.7. The molecule has 0 aliphatic heterocycles. The summed E-state index contributed by atoms with van der Waals surface area (Å²) in [6.45, 7) is 5.92. The first-order valence-electron chi connectivity index (χ1n) is 12.3. The van der Waals surface area contributed by atoms with Gasteiger partial charge >= 0.3 is 11.9 Å². The van der Waals surface area contributed by atoms with Crippen molar-refractivity contribution in [2.24, 2.45) is 4.99 Å². The second kappa shape index (κ2) is 12.3. The average Bonchev–Trinajstić information content (AvgIpc) is 3.56. The number of allylic oxidation sites excluding steroid dienone is 1. The molecule has 1 N–H and O–H groups in total. The van der Waals surface area contributed by atoms with E-state index in [0.717, 1.165) is 34.6 Å². The number of thiazole rings is 1. The van der Waals surface area contributed by atoms with Crippen LogP contribution >= 0.6 is 22.7 Å². The highest BCUT2D eigenvalue weighted by molar-refractivity contribution is 7.92. The van der Waals surface area contributed by atoms with E-state index >= 15 is 0 Å². The fourth-order valence-corrected chi connectivity index (χ4v) is 7.76. The molecule has 11 nitrogen and oxygen atoms in total. The van der Waals surface area contributed by atoms with Crippen LogP contribution in [0.4, 0.5) is 5.00 Å². The van der Waals surface area contributed by atoms with Crippen LogP contribution in [0.5, 0.6) is 0 Å². The Balaban J connectivity index is 1.52. The standard InChI is InChI=1S/C26H27N3O8S3/c1-4-11-29-17-10-9-15(24(32)37-5-2)12-19(17)39-26(29)28-21(31)14-40(34,35)13-20(30)27-23-22(25(33)36-3)16-7-6-8-18(16)38-23/h4,9-10,12H,1,5-8,11,13-14H2,2-3H3,(H,27,30). The van der Waals surface area contributed by atoms with Crippen LogP contribution < -0.4 is 10.1 Å². The van der Waals surface area contributed by atoms with Crippen LogP contribution in [-0.2, 0) is 48.3 Å². The van der Waals surface area contributed by atoms with E-state index in [1.165, 1.54) is 18.4 Å². The molecule has 2 amide bonds. The van der Waals surface area contributed by atoms with E-state index in [-0.39, 0.29) is 28.5 Å². The number of hydrogen-bond acceptors (Lipinski definition) is 10. The minimum absolute atomic E-state index is 0.219. The van der Waals surface area contributed by atoms with Crippen molar-refractivity contribution in [3.63, 3.8) is 0 Å². The van der Waals surface area contributed by atoms with Gasteiger partial charge in [0.1, 0.15) is 16.5 Å². The molecule has 0 saturated heterocycles. The number of carbonyl (C=O) groups excluding carboxylic acids is 4. The van der Waals surface area contributed by atoms with Gasteiger partial charge in [-0.25, -0.2) is 18.0 Å². The molecule has 1 aromatic carbocycles. The third-order valence-corrected chi connectivity index (χ3v) is 9.62. The zero-order valence-electron chi connectivity index (χ0n) is 21.9. The summed E-state index contributed by atoms with van der Waals surface area (Å²) in [6.07, 6.45) is 3.92. The number of fused-ring (bicyclic) bond motifs is 2. The Kier molecular flexibility index (Phi) is 9.01.